The molecule has 0 spiro atoms. The lowest BCUT2D eigenvalue weighted by Crippen LogP contribution is -2.22. The Morgan fingerprint density at radius 2 is 1.80 bits per heavy atom. The molecule has 2 N–H and O–H groups in total. The predicted molar refractivity (Wildman–Crippen MR) is 141 cm³/mol. The van der Waals surface area contributed by atoms with E-state index in [-0.39, 0.29) is 24.1 Å². The van der Waals surface area contributed by atoms with E-state index in [9.17, 15) is 9.59 Å². The van der Waals surface area contributed by atoms with Gasteiger partial charge in [0.1, 0.15) is 0 Å². The first-order valence-electron chi connectivity index (χ1n) is 11.1. The fraction of sp³-hybridized carbons (Fsp3) is 0.154. The number of amides is 2. The topological polar surface area (TPSA) is 88.9 Å². The van der Waals surface area contributed by atoms with Gasteiger partial charge in [-0.2, -0.15) is 0 Å². The summed E-state index contributed by atoms with van der Waals surface area (Å²) in [5.74, 6) is 0.414. The fourth-order valence-electron chi connectivity index (χ4n) is 3.47. The van der Waals surface area contributed by atoms with Crippen LogP contribution >= 0.6 is 23.4 Å². The van der Waals surface area contributed by atoms with Crippen molar-refractivity contribution in [3.8, 4) is 0 Å². The number of carbonyl (C=O) groups excluding carboxylic acids is 2. The first kappa shape index (κ1) is 24.5. The van der Waals surface area contributed by atoms with Crippen LogP contribution in [-0.2, 0) is 22.7 Å². The number of thioether (sulfide) groups is 1. The molecule has 3 aromatic carbocycles. The Bertz CT molecular complexity index is 1390. The summed E-state index contributed by atoms with van der Waals surface area (Å²) in [5.41, 5.74) is 1.51. The molecule has 1 aromatic heterocycles. The maximum absolute atomic E-state index is 12.5. The average Bonchev–Trinajstić information content (AvgIpc) is 3.27. The van der Waals surface area contributed by atoms with Gasteiger partial charge in [-0.1, -0.05) is 71.9 Å². The maximum Gasteiger partial charge on any atom is 0.244 e. The predicted octanol–water partition coefficient (Wildman–Crippen LogP) is 5.17. The van der Waals surface area contributed by atoms with Crippen LogP contribution in [-0.4, -0.2) is 32.3 Å². The number of rotatable bonds is 9. The van der Waals surface area contributed by atoms with Crippen LogP contribution in [0.25, 0.3) is 16.8 Å². The highest BCUT2D eigenvalue weighted by Gasteiger charge is 2.14. The lowest BCUT2D eigenvalue weighted by molar-refractivity contribution is -0.116. The molecule has 7 nitrogen and oxygen atoms in total. The second-order valence-electron chi connectivity index (χ2n) is 7.61. The Balaban J connectivity index is 1.31. The van der Waals surface area contributed by atoms with Gasteiger partial charge < -0.3 is 15.2 Å². The van der Waals surface area contributed by atoms with Crippen LogP contribution in [0.4, 0.5) is 5.69 Å². The molecule has 0 saturated carbocycles. The van der Waals surface area contributed by atoms with E-state index in [2.05, 4.69) is 20.8 Å². The highest BCUT2D eigenvalue weighted by atomic mass is 35.5. The minimum atomic E-state index is -0.264. The first-order valence-corrected chi connectivity index (χ1v) is 12.4. The number of nitrogens with zero attached hydrogens (tertiary/aromatic N) is 3. The Hall–Kier alpha value is -3.62. The molecule has 0 aliphatic heterocycles. The molecular weight excluding hydrogens is 482 g/mol. The molecule has 0 saturated heterocycles. The summed E-state index contributed by atoms with van der Waals surface area (Å²) in [6.07, 6.45) is 3.10. The van der Waals surface area contributed by atoms with E-state index in [1.807, 2.05) is 72.2 Å². The molecule has 4 aromatic rings. The summed E-state index contributed by atoms with van der Waals surface area (Å²) in [6, 6.07) is 21.1. The normalized spacial score (nSPS) is 11.1. The number of hydrogen-bond donors (Lipinski definition) is 2. The quantitative estimate of drug-likeness (QED) is 0.242. The standard InChI is InChI=1S/C26H24ClN5O2S/c1-2-32-23(16-28-24(33)14-12-19-8-5-6-10-22(19)27)30-31-26(32)35-17-25(34)29-21-13-11-18-7-3-4-9-20(18)15-21/h3-15H,2,16-17H2,1H3,(H,28,33)(H,29,34)/b14-12+. The number of benzene rings is 3. The molecule has 1 heterocycles. The largest absolute Gasteiger partial charge is 0.345 e. The number of anilines is 1. The number of halogens is 1. The molecule has 35 heavy (non-hydrogen) atoms. The van der Waals surface area contributed by atoms with E-state index in [4.69, 9.17) is 11.6 Å². The Kier molecular flexibility index (Phi) is 8.18. The van der Waals surface area contributed by atoms with Crippen molar-refractivity contribution in [1.82, 2.24) is 20.1 Å². The van der Waals surface area contributed by atoms with Gasteiger partial charge in [-0.3, -0.25) is 9.59 Å². The van der Waals surface area contributed by atoms with Crippen molar-refractivity contribution < 1.29 is 9.59 Å². The highest BCUT2D eigenvalue weighted by Crippen LogP contribution is 2.21. The van der Waals surface area contributed by atoms with Gasteiger partial charge in [0.05, 0.1) is 12.3 Å². The van der Waals surface area contributed by atoms with Gasteiger partial charge in [0.15, 0.2) is 11.0 Å². The van der Waals surface area contributed by atoms with Crippen LogP contribution in [0.2, 0.25) is 5.02 Å². The molecule has 0 unspecified atom stereocenters. The zero-order valence-electron chi connectivity index (χ0n) is 19.1. The maximum atomic E-state index is 12.5. The van der Waals surface area contributed by atoms with Crippen LogP contribution < -0.4 is 10.6 Å². The van der Waals surface area contributed by atoms with Crippen LogP contribution in [0.3, 0.4) is 0 Å². The van der Waals surface area contributed by atoms with Crippen molar-refractivity contribution in [2.75, 3.05) is 11.1 Å². The zero-order chi connectivity index (χ0) is 24.6. The van der Waals surface area contributed by atoms with Crippen LogP contribution in [0.5, 0.6) is 0 Å². The Morgan fingerprint density at radius 1 is 1.03 bits per heavy atom. The van der Waals surface area contributed by atoms with Gasteiger partial charge in [0, 0.05) is 23.3 Å². The van der Waals surface area contributed by atoms with Crippen molar-refractivity contribution in [1.29, 1.82) is 0 Å². The van der Waals surface area contributed by atoms with E-state index in [1.165, 1.54) is 17.8 Å². The molecule has 2 amide bonds. The van der Waals surface area contributed by atoms with E-state index in [0.717, 1.165) is 22.0 Å². The van der Waals surface area contributed by atoms with Gasteiger partial charge >= 0.3 is 0 Å². The molecule has 0 radical (unpaired) electrons. The molecule has 9 heteroatoms. The Labute approximate surface area is 212 Å². The van der Waals surface area contributed by atoms with Crippen LogP contribution in [0.15, 0.2) is 78.0 Å². The molecular formula is C26H24ClN5O2S. The molecule has 4 rings (SSSR count). The fourth-order valence-corrected chi connectivity index (χ4v) is 4.49. The summed E-state index contributed by atoms with van der Waals surface area (Å²) in [7, 11) is 0. The van der Waals surface area contributed by atoms with Crippen molar-refractivity contribution in [2.24, 2.45) is 0 Å². The molecule has 0 aliphatic rings. The van der Waals surface area contributed by atoms with Crippen molar-refractivity contribution >= 4 is 57.7 Å². The van der Waals surface area contributed by atoms with Crippen LogP contribution in [0.1, 0.15) is 18.3 Å². The number of carbonyl (C=O) groups is 2. The summed E-state index contributed by atoms with van der Waals surface area (Å²) in [6.45, 7) is 2.80. The Morgan fingerprint density at radius 3 is 2.60 bits per heavy atom. The summed E-state index contributed by atoms with van der Waals surface area (Å²) in [5, 5.41) is 17.5. The van der Waals surface area contributed by atoms with Gasteiger partial charge in [-0.25, -0.2) is 0 Å². The number of hydrogen-bond acceptors (Lipinski definition) is 5. The first-order chi connectivity index (χ1) is 17.0. The lowest BCUT2D eigenvalue weighted by atomic mass is 10.1. The lowest BCUT2D eigenvalue weighted by Gasteiger charge is -2.09. The monoisotopic (exact) mass is 505 g/mol. The van der Waals surface area contributed by atoms with Crippen molar-refractivity contribution in [3.05, 3.63) is 89.2 Å². The van der Waals surface area contributed by atoms with Gasteiger partial charge in [-0.05, 0) is 47.5 Å². The summed E-state index contributed by atoms with van der Waals surface area (Å²) < 4.78 is 1.88. The number of aromatic nitrogens is 3. The minimum Gasteiger partial charge on any atom is -0.345 e. The van der Waals surface area contributed by atoms with E-state index in [1.54, 1.807) is 12.1 Å². The zero-order valence-corrected chi connectivity index (χ0v) is 20.6. The second kappa shape index (κ2) is 11.7. The minimum absolute atomic E-state index is 0.129. The van der Waals surface area contributed by atoms with Gasteiger partial charge in [-0.15, -0.1) is 10.2 Å². The molecule has 0 atom stereocenters. The van der Waals surface area contributed by atoms with Crippen LogP contribution in [0, 0.1) is 0 Å². The number of nitrogens with one attached hydrogen (secondary N) is 2. The molecule has 178 valence electrons. The van der Waals surface area contributed by atoms with E-state index >= 15 is 0 Å². The molecule has 0 fully saturated rings. The average molecular weight is 506 g/mol. The van der Waals surface area contributed by atoms with E-state index < -0.39 is 0 Å². The van der Waals surface area contributed by atoms with E-state index in [0.29, 0.717) is 22.5 Å². The van der Waals surface area contributed by atoms with Crippen molar-refractivity contribution in [3.63, 3.8) is 0 Å². The molecule has 0 bridgehead atoms. The van der Waals surface area contributed by atoms with Crippen molar-refractivity contribution in [2.45, 2.75) is 25.2 Å². The highest BCUT2D eigenvalue weighted by molar-refractivity contribution is 7.99. The SMILES string of the molecule is CCn1c(CNC(=O)/C=C/c2ccccc2Cl)nnc1SCC(=O)Nc1ccc2ccccc2c1. The second-order valence-corrected chi connectivity index (χ2v) is 8.96. The summed E-state index contributed by atoms with van der Waals surface area (Å²) in [4.78, 5) is 24.7. The third kappa shape index (κ3) is 6.49. The smallest absolute Gasteiger partial charge is 0.244 e. The molecule has 0 aliphatic carbocycles. The third-order valence-electron chi connectivity index (χ3n) is 5.22. The summed E-state index contributed by atoms with van der Waals surface area (Å²) >= 11 is 7.41. The third-order valence-corrected chi connectivity index (χ3v) is 6.53. The van der Waals surface area contributed by atoms with Gasteiger partial charge in [0.2, 0.25) is 11.8 Å². The van der Waals surface area contributed by atoms with Gasteiger partial charge in [0.25, 0.3) is 0 Å². The number of fused-ring (bicyclic) bond motifs is 1.